The van der Waals surface area contributed by atoms with E-state index in [0.717, 1.165) is 5.56 Å². The van der Waals surface area contributed by atoms with Gasteiger partial charge in [-0.15, -0.1) is 0 Å². The number of pyridine rings is 1. The van der Waals surface area contributed by atoms with Gasteiger partial charge in [-0.25, -0.2) is 0 Å². The average molecular weight is 238 g/mol. The summed E-state index contributed by atoms with van der Waals surface area (Å²) in [6.07, 6.45) is 6.26. The molecule has 0 fully saturated rings. The monoisotopic (exact) mass is 238 g/mol. The lowest BCUT2D eigenvalue weighted by Gasteiger charge is -2.00. The van der Waals surface area contributed by atoms with Crippen LogP contribution in [0.4, 0.5) is 5.69 Å². The van der Waals surface area contributed by atoms with E-state index in [-0.39, 0.29) is 0 Å². The summed E-state index contributed by atoms with van der Waals surface area (Å²) < 4.78 is 0.668. The zero-order valence-electron chi connectivity index (χ0n) is 9.47. The quantitative estimate of drug-likeness (QED) is 0.265. The maximum absolute atomic E-state index is 11.2. The standard InChI is InChI=1S/C13H10N4O/c14-16-15-13-8-9-17(18)10-12(13)7-6-11-4-2-1-3-5-11/h1-10H/b7-6+. The maximum Gasteiger partial charge on any atom is 0.188 e. The highest BCUT2D eigenvalue weighted by Crippen LogP contribution is 2.19. The molecular formula is C13H10N4O. The molecule has 0 unspecified atom stereocenters. The lowest BCUT2D eigenvalue weighted by Crippen LogP contribution is -2.24. The third-order valence-corrected chi connectivity index (χ3v) is 2.35. The molecule has 0 bridgehead atoms. The molecule has 88 valence electrons. The van der Waals surface area contributed by atoms with E-state index in [4.69, 9.17) is 5.53 Å². The minimum absolute atomic E-state index is 0.428. The van der Waals surface area contributed by atoms with E-state index in [1.807, 2.05) is 36.4 Å². The van der Waals surface area contributed by atoms with Crippen molar-refractivity contribution in [2.24, 2.45) is 5.11 Å². The van der Waals surface area contributed by atoms with Crippen LogP contribution < -0.4 is 4.73 Å². The van der Waals surface area contributed by atoms with Gasteiger partial charge in [0, 0.05) is 16.5 Å². The molecule has 0 radical (unpaired) electrons. The molecule has 0 aliphatic rings. The minimum Gasteiger partial charge on any atom is -0.619 e. The number of azide groups is 1. The van der Waals surface area contributed by atoms with Crippen LogP contribution in [0.25, 0.3) is 22.6 Å². The first-order valence-electron chi connectivity index (χ1n) is 5.30. The fourth-order valence-corrected chi connectivity index (χ4v) is 1.50. The molecule has 0 saturated carbocycles. The van der Waals surface area contributed by atoms with Gasteiger partial charge >= 0.3 is 0 Å². The third-order valence-electron chi connectivity index (χ3n) is 2.35. The van der Waals surface area contributed by atoms with Crippen LogP contribution in [0.5, 0.6) is 0 Å². The van der Waals surface area contributed by atoms with E-state index in [0.29, 0.717) is 16.0 Å². The van der Waals surface area contributed by atoms with Crippen molar-refractivity contribution < 1.29 is 4.73 Å². The van der Waals surface area contributed by atoms with Gasteiger partial charge in [0.15, 0.2) is 12.4 Å². The summed E-state index contributed by atoms with van der Waals surface area (Å²) >= 11 is 0. The van der Waals surface area contributed by atoms with Crippen LogP contribution in [0.3, 0.4) is 0 Å². The topological polar surface area (TPSA) is 75.7 Å². The Kier molecular flexibility index (Phi) is 3.59. The molecule has 2 aromatic rings. The number of hydrogen-bond acceptors (Lipinski definition) is 2. The summed E-state index contributed by atoms with van der Waals surface area (Å²) in [6, 6.07) is 11.1. The summed E-state index contributed by atoms with van der Waals surface area (Å²) in [4.78, 5) is 2.73. The van der Waals surface area contributed by atoms with Crippen LogP contribution in [0.2, 0.25) is 0 Å². The lowest BCUT2D eigenvalue weighted by molar-refractivity contribution is -0.605. The number of benzene rings is 1. The second-order valence-corrected chi connectivity index (χ2v) is 3.58. The molecule has 0 saturated heterocycles. The molecule has 18 heavy (non-hydrogen) atoms. The average Bonchev–Trinajstić information content (AvgIpc) is 2.40. The Balaban J connectivity index is 2.36. The molecule has 1 aromatic heterocycles. The summed E-state index contributed by atoms with van der Waals surface area (Å²) in [5, 5.41) is 14.7. The van der Waals surface area contributed by atoms with Crippen molar-refractivity contribution in [2.45, 2.75) is 0 Å². The van der Waals surface area contributed by atoms with Crippen LogP contribution in [0.1, 0.15) is 11.1 Å². The highest BCUT2D eigenvalue weighted by Gasteiger charge is 2.01. The van der Waals surface area contributed by atoms with E-state index < -0.39 is 0 Å². The van der Waals surface area contributed by atoms with Crippen molar-refractivity contribution in [1.29, 1.82) is 0 Å². The minimum atomic E-state index is 0.428. The number of aromatic nitrogens is 1. The maximum atomic E-state index is 11.2. The van der Waals surface area contributed by atoms with Crippen molar-refractivity contribution in [3.63, 3.8) is 0 Å². The van der Waals surface area contributed by atoms with Crippen LogP contribution in [0, 0.1) is 5.21 Å². The number of rotatable bonds is 3. The zero-order valence-corrected chi connectivity index (χ0v) is 9.47. The van der Waals surface area contributed by atoms with Gasteiger partial charge in [-0.2, -0.15) is 4.73 Å². The first-order chi connectivity index (χ1) is 8.79. The van der Waals surface area contributed by atoms with E-state index >= 15 is 0 Å². The molecule has 0 atom stereocenters. The van der Waals surface area contributed by atoms with Crippen molar-refractivity contribution in [3.8, 4) is 0 Å². The molecule has 1 heterocycles. The second kappa shape index (κ2) is 5.52. The Hall–Kier alpha value is -2.78. The van der Waals surface area contributed by atoms with E-state index in [1.54, 1.807) is 6.08 Å². The van der Waals surface area contributed by atoms with Crippen molar-refractivity contribution in [1.82, 2.24) is 0 Å². The van der Waals surface area contributed by atoms with Gasteiger partial charge in [-0.05, 0) is 17.2 Å². The number of nitrogens with zero attached hydrogens (tertiary/aromatic N) is 4. The number of hydrogen-bond donors (Lipinski definition) is 0. The van der Waals surface area contributed by atoms with Crippen LogP contribution in [-0.2, 0) is 0 Å². The second-order valence-electron chi connectivity index (χ2n) is 3.58. The molecule has 1 aromatic carbocycles. The Morgan fingerprint density at radius 1 is 1.17 bits per heavy atom. The predicted molar refractivity (Wildman–Crippen MR) is 69.6 cm³/mol. The fourth-order valence-electron chi connectivity index (χ4n) is 1.50. The third kappa shape index (κ3) is 2.87. The van der Waals surface area contributed by atoms with Crippen LogP contribution >= 0.6 is 0 Å². The van der Waals surface area contributed by atoms with Gasteiger partial charge in [0.2, 0.25) is 0 Å². The van der Waals surface area contributed by atoms with Gasteiger partial charge < -0.3 is 5.21 Å². The normalized spacial score (nSPS) is 10.2. The largest absolute Gasteiger partial charge is 0.619 e. The highest BCUT2D eigenvalue weighted by atomic mass is 16.5. The first kappa shape index (κ1) is 11.7. The van der Waals surface area contributed by atoms with E-state index in [2.05, 4.69) is 10.0 Å². The Bertz CT molecular complexity index is 616. The predicted octanol–water partition coefficient (Wildman–Crippen LogP) is 3.43. The molecule has 0 aliphatic carbocycles. The molecule has 0 spiro atoms. The molecule has 0 N–H and O–H groups in total. The van der Waals surface area contributed by atoms with Gasteiger partial charge in [0.25, 0.3) is 0 Å². The molecule has 2 rings (SSSR count). The van der Waals surface area contributed by atoms with Crippen molar-refractivity contribution in [2.75, 3.05) is 0 Å². The van der Waals surface area contributed by atoms with E-state index in [9.17, 15) is 5.21 Å². The van der Waals surface area contributed by atoms with Crippen molar-refractivity contribution in [3.05, 3.63) is 75.6 Å². The molecule has 0 amide bonds. The molecule has 5 nitrogen and oxygen atoms in total. The summed E-state index contributed by atoms with van der Waals surface area (Å²) in [6.45, 7) is 0. The lowest BCUT2D eigenvalue weighted by atomic mass is 10.1. The fraction of sp³-hybridized carbons (Fsp3) is 0. The van der Waals surface area contributed by atoms with E-state index in [1.165, 1.54) is 18.5 Å². The summed E-state index contributed by atoms with van der Waals surface area (Å²) in [5.41, 5.74) is 10.5. The highest BCUT2D eigenvalue weighted by molar-refractivity contribution is 5.74. The van der Waals surface area contributed by atoms with Gasteiger partial charge in [0.1, 0.15) is 0 Å². The smallest absolute Gasteiger partial charge is 0.188 e. The molecule has 5 heteroatoms. The summed E-state index contributed by atoms with van der Waals surface area (Å²) in [5.74, 6) is 0. The van der Waals surface area contributed by atoms with Crippen molar-refractivity contribution >= 4 is 17.8 Å². The van der Waals surface area contributed by atoms with Gasteiger partial charge in [0.05, 0.1) is 5.69 Å². The van der Waals surface area contributed by atoms with Crippen LogP contribution in [0.15, 0.2) is 53.9 Å². The van der Waals surface area contributed by atoms with Gasteiger partial charge in [-0.1, -0.05) is 41.5 Å². The Labute approximate surface area is 104 Å². The zero-order chi connectivity index (χ0) is 12.8. The van der Waals surface area contributed by atoms with Crippen LogP contribution in [-0.4, -0.2) is 0 Å². The molecule has 0 aliphatic heterocycles. The first-order valence-corrected chi connectivity index (χ1v) is 5.30. The van der Waals surface area contributed by atoms with Gasteiger partial charge in [-0.3, -0.25) is 0 Å². The summed E-state index contributed by atoms with van der Waals surface area (Å²) in [7, 11) is 0. The molecular weight excluding hydrogens is 228 g/mol. The Morgan fingerprint density at radius 2 is 1.94 bits per heavy atom. The Morgan fingerprint density at radius 3 is 2.67 bits per heavy atom. The SMILES string of the molecule is [N-]=[N+]=Nc1cc[n+]([O-])cc1/C=C/c1ccccc1.